The molecule has 47 heavy (non-hydrogen) atoms. The highest BCUT2D eigenvalue weighted by Gasteiger charge is 2.70. The standard InChI is InChI=1S/C39H62O8/c1-21(8-14-33(41)42)27-12-13-30-26-10-9-24-19-25(15-17-36(24,4)31(26)20-32(40)38(27,30)6)43-34-23(3)29-11-7-22(2)28-16-18-37(5)45-35(44-34)39(28,29)47-46-37/h21-32,34-35,40H,7-20H2,1-6H3,(H,41,42)/t21-,22-,23-,24?,25-,26?,27-,28?,29?,30?,31?,32+,34?,35?,36+,37-,38-,39-/m1/s1. The van der Waals surface area contributed by atoms with Gasteiger partial charge in [-0.2, -0.15) is 0 Å². The molecule has 8 heteroatoms. The van der Waals surface area contributed by atoms with Crippen LogP contribution in [0.5, 0.6) is 0 Å². The molecule has 2 bridgehead atoms. The van der Waals surface area contributed by atoms with Gasteiger partial charge in [0.25, 0.3) is 0 Å². The SMILES string of the molecule is C[C@H]1C(O[C@@H]2CC[C@@]3(C)C(CCC4C3C[C@H](O)[C@@]3(C)C4CC[C@@H]3[C@H](C)CCC(=O)O)C2)OC2O[C@@]3(C)CCC4[C@H](C)CCC1[C@@]24OO3. The van der Waals surface area contributed by atoms with Crippen molar-refractivity contribution in [2.45, 2.75) is 168 Å². The van der Waals surface area contributed by atoms with E-state index in [9.17, 15) is 15.0 Å². The number of rotatable bonds is 6. The fourth-order valence-corrected chi connectivity index (χ4v) is 14.0. The number of fused-ring (bicyclic) bond motifs is 7. The van der Waals surface area contributed by atoms with Crippen molar-refractivity contribution in [3.63, 3.8) is 0 Å². The van der Waals surface area contributed by atoms with Crippen LogP contribution in [0.4, 0.5) is 0 Å². The van der Waals surface area contributed by atoms with Crippen molar-refractivity contribution in [3.8, 4) is 0 Å². The van der Waals surface area contributed by atoms with Gasteiger partial charge in [0.1, 0.15) is 0 Å². The third-order valence-corrected chi connectivity index (χ3v) is 16.7. The Morgan fingerprint density at radius 2 is 1.68 bits per heavy atom. The van der Waals surface area contributed by atoms with E-state index in [1.807, 2.05) is 6.92 Å². The molecule has 5 saturated carbocycles. The summed E-state index contributed by atoms with van der Waals surface area (Å²) >= 11 is 0. The highest BCUT2D eigenvalue weighted by molar-refractivity contribution is 5.66. The Bertz CT molecular complexity index is 1210. The van der Waals surface area contributed by atoms with Crippen molar-refractivity contribution in [3.05, 3.63) is 0 Å². The Labute approximate surface area is 282 Å². The maximum Gasteiger partial charge on any atom is 0.303 e. The second kappa shape index (κ2) is 11.6. The largest absolute Gasteiger partial charge is 0.481 e. The minimum atomic E-state index is -0.773. The van der Waals surface area contributed by atoms with Crippen LogP contribution in [0, 0.1) is 70.0 Å². The molecule has 0 aromatic heterocycles. The monoisotopic (exact) mass is 658 g/mol. The van der Waals surface area contributed by atoms with Crippen molar-refractivity contribution in [2.24, 2.45) is 70.0 Å². The lowest BCUT2D eigenvalue weighted by atomic mass is 9.43. The molecule has 0 aromatic carbocycles. The van der Waals surface area contributed by atoms with Gasteiger partial charge in [0.15, 0.2) is 18.2 Å². The first kappa shape index (κ1) is 33.4. The van der Waals surface area contributed by atoms with E-state index in [0.29, 0.717) is 53.8 Å². The van der Waals surface area contributed by atoms with E-state index in [2.05, 4.69) is 34.6 Å². The number of hydrogen-bond acceptors (Lipinski definition) is 7. The van der Waals surface area contributed by atoms with Crippen LogP contribution in [0.3, 0.4) is 0 Å². The van der Waals surface area contributed by atoms with Gasteiger partial charge in [-0.25, -0.2) is 9.78 Å². The van der Waals surface area contributed by atoms with Gasteiger partial charge in [0.2, 0.25) is 5.79 Å². The van der Waals surface area contributed by atoms with E-state index < -0.39 is 23.6 Å². The zero-order valence-electron chi connectivity index (χ0n) is 29.8. The Kier molecular flexibility index (Phi) is 8.26. The van der Waals surface area contributed by atoms with E-state index >= 15 is 0 Å². The molecular weight excluding hydrogens is 596 g/mol. The first-order chi connectivity index (χ1) is 22.3. The van der Waals surface area contributed by atoms with E-state index in [1.165, 1.54) is 25.7 Å². The molecule has 4 heterocycles. The predicted molar refractivity (Wildman–Crippen MR) is 174 cm³/mol. The zero-order valence-corrected chi connectivity index (χ0v) is 29.8. The highest BCUT2D eigenvalue weighted by atomic mass is 17.3. The Balaban J connectivity index is 0.956. The van der Waals surface area contributed by atoms with Gasteiger partial charge in [0.05, 0.1) is 12.2 Å². The van der Waals surface area contributed by atoms with Crippen molar-refractivity contribution < 1.29 is 39.0 Å². The lowest BCUT2D eigenvalue weighted by Gasteiger charge is -2.63. The summed E-state index contributed by atoms with van der Waals surface area (Å²) in [6, 6.07) is 0. The number of aliphatic hydroxyl groups is 1. The number of aliphatic carboxylic acids is 1. The summed E-state index contributed by atoms with van der Waals surface area (Å²) in [5.41, 5.74) is -0.437. The average Bonchev–Trinajstić information content (AvgIpc) is 3.24. The normalized spacial score (nSPS) is 57.2. The Morgan fingerprint density at radius 3 is 2.47 bits per heavy atom. The van der Waals surface area contributed by atoms with E-state index in [4.69, 9.17) is 24.0 Å². The smallest absolute Gasteiger partial charge is 0.303 e. The highest BCUT2D eigenvalue weighted by Crippen LogP contribution is 2.69. The summed E-state index contributed by atoms with van der Waals surface area (Å²) in [4.78, 5) is 23.7. The average molecular weight is 659 g/mol. The van der Waals surface area contributed by atoms with Crippen molar-refractivity contribution >= 4 is 5.97 Å². The fourth-order valence-electron chi connectivity index (χ4n) is 14.0. The molecule has 9 aliphatic rings. The van der Waals surface area contributed by atoms with Crippen LogP contribution in [-0.4, -0.2) is 52.4 Å². The summed E-state index contributed by atoms with van der Waals surface area (Å²) in [6.07, 6.45) is 13.1. The molecule has 2 N–H and O–H groups in total. The molecule has 9 rings (SSSR count). The van der Waals surface area contributed by atoms with Gasteiger partial charge >= 0.3 is 5.97 Å². The summed E-state index contributed by atoms with van der Waals surface area (Å²) in [6.45, 7) is 13.8. The van der Waals surface area contributed by atoms with Gasteiger partial charge in [-0.1, -0.05) is 34.6 Å². The predicted octanol–water partition coefficient (Wildman–Crippen LogP) is 7.71. The third kappa shape index (κ3) is 4.91. The Hall–Kier alpha value is -0.770. The molecule has 0 amide bonds. The quantitative estimate of drug-likeness (QED) is 0.221. The fraction of sp³-hybridized carbons (Fsp3) is 0.974. The molecule has 1 spiro atoms. The van der Waals surface area contributed by atoms with Gasteiger partial charge in [-0.05, 0) is 142 Å². The van der Waals surface area contributed by atoms with Gasteiger partial charge in [-0.3, -0.25) is 4.79 Å². The maximum atomic E-state index is 12.0. The molecule has 266 valence electrons. The zero-order chi connectivity index (χ0) is 33.1. The molecule has 8 nitrogen and oxygen atoms in total. The van der Waals surface area contributed by atoms with Crippen molar-refractivity contribution in [1.82, 2.24) is 0 Å². The first-order valence-electron chi connectivity index (χ1n) is 19.6. The van der Waals surface area contributed by atoms with E-state index in [-0.39, 0.29) is 47.6 Å². The maximum absolute atomic E-state index is 12.0. The van der Waals surface area contributed by atoms with E-state index in [0.717, 1.165) is 51.4 Å². The molecule has 0 radical (unpaired) electrons. The van der Waals surface area contributed by atoms with Crippen LogP contribution in [-0.2, 0) is 28.8 Å². The van der Waals surface area contributed by atoms with Crippen molar-refractivity contribution in [2.75, 3.05) is 0 Å². The second-order valence-electron chi connectivity index (χ2n) is 18.7. The molecule has 4 aliphatic heterocycles. The van der Waals surface area contributed by atoms with Crippen LogP contribution < -0.4 is 0 Å². The van der Waals surface area contributed by atoms with Gasteiger partial charge < -0.3 is 24.4 Å². The summed E-state index contributed by atoms with van der Waals surface area (Å²) in [5.74, 6) is 2.97. The summed E-state index contributed by atoms with van der Waals surface area (Å²) in [7, 11) is 0. The number of carboxylic acid groups (broad SMARTS) is 1. The second-order valence-corrected chi connectivity index (χ2v) is 18.7. The number of carboxylic acids is 1. The number of hydrogen-bond donors (Lipinski definition) is 2. The van der Waals surface area contributed by atoms with Crippen LogP contribution in [0.25, 0.3) is 0 Å². The van der Waals surface area contributed by atoms with Gasteiger partial charge in [-0.15, -0.1) is 0 Å². The van der Waals surface area contributed by atoms with Crippen LogP contribution in [0.2, 0.25) is 0 Å². The molecule has 18 atom stereocenters. The first-order valence-corrected chi connectivity index (χ1v) is 19.6. The minimum Gasteiger partial charge on any atom is -0.481 e. The molecule has 4 saturated heterocycles. The topological polar surface area (TPSA) is 104 Å². The van der Waals surface area contributed by atoms with Crippen molar-refractivity contribution in [1.29, 1.82) is 0 Å². The molecule has 5 aliphatic carbocycles. The molecular formula is C39H62O8. The van der Waals surface area contributed by atoms with Gasteiger partial charge in [0, 0.05) is 24.7 Å². The third-order valence-electron chi connectivity index (χ3n) is 16.7. The lowest BCUT2D eigenvalue weighted by molar-refractivity contribution is -0.578. The minimum absolute atomic E-state index is 0.102. The molecule has 8 unspecified atom stereocenters. The molecule has 0 aromatic rings. The van der Waals surface area contributed by atoms with Crippen LogP contribution in [0.1, 0.15) is 131 Å². The summed E-state index contributed by atoms with van der Waals surface area (Å²) < 4.78 is 20.4. The van der Waals surface area contributed by atoms with E-state index in [1.54, 1.807) is 0 Å². The number of carbonyl (C=O) groups is 1. The number of ether oxygens (including phenoxy) is 3. The number of aliphatic hydroxyl groups excluding tert-OH is 1. The van der Waals surface area contributed by atoms with Crippen LogP contribution in [0.15, 0.2) is 0 Å². The lowest BCUT2D eigenvalue weighted by Crippen LogP contribution is -2.70. The van der Waals surface area contributed by atoms with Crippen LogP contribution >= 0.6 is 0 Å². The Morgan fingerprint density at radius 1 is 0.894 bits per heavy atom. The molecule has 9 fully saturated rings. The summed E-state index contributed by atoms with van der Waals surface area (Å²) in [5, 5.41) is 21.3.